The summed E-state index contributed by atoms with van der Waals surface area (Å²) in [4.78, 5) is 26.3. The second kappa shape index (κ2) is 7.98. The molecule has 1 aliphatic rings. The van der Waals surface area contributed by atoms with Gasteiger partial charge in [-0.3, -0.25) is 14.9 Å². The number of anilines is 1. The average molecular weight is 409 g/mol. The molecule has 10 heteroatoms. The molecule has 3 rings (SSSR count). The molecule has 1 aliphatic heterocycles. The number of halogens is 3. The number of ether oxygens (including phenoxy) is 1. The SMILES string of the molecule is COc1ccc(C(=O)N2CCN(c3ccc(C(F)(F)F)cc3[N+](=O)[O-])CC2)cc1. The quantitative estimate of drug-likeness (QED) is 0.570. The Labute approximate surface area is 164 Å². The predicted molar refractivity (Wildman–Crippen MR) is 99.2 cm³/mol. The molecule has 7 nitrogen and oxygen atoms in total. The van der Waals surface area contributed by atoms with Gasteiger partial charge in [0.2, 0.25) is 0 Å². The van der Waals surface area contributed by atoms with Crippen molar-refractivity contribution in [1.82, 2.24) is 4.90 Å². The Morgan fingerprint density at radius 3 is 2.21 bits per heavy atom. The van der Waals surface area contributed by atoms with Gasteiger partial charge in [0.05, 0.1) is 17.6 Å². The van der Waals surface area contributed by atoms with Crippen LogP contribution in [0.1, 0.15) is 15.9 Å². The fourth-order valence-electron chi connectivity index (χ4n) is 3.18. The molecule has 1 amide bonds. The minimum absolute atomic E-state index is 0.111. The Kier molecular flexibility index (Phi) is 5.62. The third-order valence-electron chi connectivity index (χ3n) is 4.74. The minimum atomic E-state index is -4.66. The highest BCUT2D eigenvalue weighted by Crippen LogP contribution is 2.36. The molecule has 0 unspecified atom stereocenters. The fraction of sp³-hybridized carbons (Fsp3) is 0.316. The summed E-state index contributed by atoms with van der Waals surface area (Å²) in [6, 6.07) is 9.13. The molecule has 2 aromatic rings. The van der Waals surface area contributed by atoms with E-state index in [0.29, 0.717) is 30.5 Å². The number of hydrogen-bond donors (Lipinski definition) is 0. The van der Waals surface area contributed by atoms with E-state index in [1.54, 1.807) is 34.1 Å². The monoisotopic (exact) mass is 409 g/mol. The van der Waals surface area contributed by atoms with E-state index in [4.69, 9.17) is 4.74 Å². The first kappa shape index (κ1) is 20.4. The minimum Gasteiger partial charge on any atom is -0.497 e. The Hall–Kier alpha value is -3.30. The molecule has 1 fully saturated rings. The van der Waals surface area contributed by atoms with Crippen molar-refractivity contribution in [3.63, 3.8) is 0 Å². The number of carbonyl (C=O) groups is 1. The molecule has 2 aromatic carbocycles. The normalized spacial score (nSPS) is 14.6. The highest BCUT2D eigenvalue weighted by atomic mass is 19.4. The summed E-state index contributed by atoms with van der Waals surface area (Å²) >= 11 is 0. The molecule has 154 valence electrons. The lowest BCUT2D eigenvalue weighted by Crippen LogP contribution is -2.49. The van der Waals surface area contributed by atoms with Crippen LogP contribution in [0.15, 0.2) is 42.5 Å². The van der Waals surface area contributed by atoms with Gasteiger partial charge in [-0.2, -0.15) is 13.2 Å². The Bertz CT molecular complexity index is 908. The van der Waals surface area contributed by atoms with Crippen LogP contribution in [0, 0.1) is 10.1 Å². The second-order valence-corrected chi connectivity index (χ2v) is 6.47. The van der Waals surface area contributed by atoms with E-state index in [1.165, 1.54) is 7.11 Å². The number of nitro groups is 1. The van der Waals surface area contributed by atoms with Gasteiger partial charge in [0, 0.05) is 37.8 Å². The zero-order chi connectivity index (χ0) is 21.2. The van der Waals surface area contributed by atoms with Crippen molar-refractivity contribution in [2.45, 2.75) is 6.18 Å². The van der Waals surface area contributed by atoms with Gasteiger partial charge in [-0.25, -0.2) is 0 Å². The number of nitro benzene ring substituents is 1. The summed E-state index contributed by atoms with van der Waals surface area (Å²) in [5, 5.41) is 11.3. The number of hydrogen-bond acceptors (Lipinski definition) is 5. The van der Waals surface area contributed by atoms with Crippen LogP contribution in [0.5, 0.6) is 5.75 Å². The van der Waals surface area contributed by atoms with Gasteiger partial charge in [0.25, 0.3) is 11.6 Å². The van der Waals surface area contributed by atoms with Crippen molar-refractivity contribution in [2.24, 2.45) is 0 Å². The van der Waals surface area contributed by atoms with E-state index >= 15 is 0 Å². The standard InChI is InChI=1S/C19H18F3N3O4/c1-29-15-5-2-13(3-6-15)18(26)24-10-8-23(9-11-24)16-7-4-14(19(20,21)22)12-17(16)25(27)28/h2-7,12H,8-11H2,1H3. The average Bonchev–Trinajstić information content (AvgIpc) is 2.72. The van der Waals surface area contributed by atoms with E-state index < -0.39 is 22.4 Å². The van der Waals surface area contributed by atoms with Crippen molar-refractivity contribution in [1.29, 1.82) is 0 Å². The molecule has 0 aliphatic carbocycles. The van der Waals surface area contributed by atoms with E-state index in [9.17, 15) is 28.1 Å². The molecular weight excluding hydrogens is 391 g/mol. The maximum atomic E-state index is 12.9. The number of amides is 1. The van der Waals surface area contributed by atoms with Crippen LogP contribution in [-0.4, -0.2) is 49.0 Å². The summed E-state index contributed by atoms with van der Waals surface area (Å²) in [5.41, 5.74) is -1.07. The molecule has 0 bridgehead atoms. The first-order valence-corrected chi connectivity index (χ1v) is 8.74. The van der Waals surface area contributed by atoms with E-state index in [-0.39, 0.29) is 24.7 Å². The summed E-state index contributed by atoms with van der Waals surface area (Å²) in [5.74, 6) is 0.440. The largest absolute Gasteiger partial charge is 0.497 e. The Morgan fingerprint density at radius 1 is 1.07 bits per heavy atom. The Morgan fingerprint density at radius 2 is 1.69 bits per heavy atom. The zero-order valence-electron chi connectivity index (χ0n) is 15.5. The number of benzene rings is 2. The van der Waals surface area contributed by atoms with E-state index in [2.05, 4.69) is 0 Å². The van der Waals surface area contributed by atoms with Crippen molar-refractivity contribution < 1.29 is 27.6 Å². The lowest BCUT2D eigenvalue weighted by molar-refractivity contribution is -0.384. The van der Waals surface area contributed by atoms with Crippen LogP contribution in [0.4, 0.5) is 24.5 Å². The van der Waals surface area contributed by atoms with Gasteiger partial charge >= 0.3 is 6.18 Å². The van der Waals surface area contributed by atoms with Crippen LogP contribution in [0.3, 0.4) is 0 Å². The first-order chi connectivity index (χ1) is 13.7. The summed E-state index contributed by atoms with van der Waals surface area (Å²) in [7, 11) is 1.52. The number of methoxy groups -OCH3 is 1. The number of rotatable bonds is 4. The molecule has 0 radical (unpaired) electrons. The molecule has 0 aromatic heterocycles. The molecule has 29 heavy (non-hydrogen) atoms. The number of piperazine rings is 1. The molecule has 0 atom stereocenters. The van der Waals surface area contributed by atoms with Crippen molar-refractivity contribution in [3.05, 3.63) is 63.7 Å². The number of alkyl halides is 3. The van der Waals surface area contributed by atoms with Gasteiger partial charge in [-0.1, -0.05) is 0 Å². The molecule has 0 spiro atoms. The lowest BCUT2D eigenvalue weighted by Gasteiger charge is -2.36. The molecule has 1 saturated heterocycles. The van der Waals surface area contributed by atoms with Gasteiger partial charge in [-0.05, 0) is 36.4 Å². The van der Waals surface area contributed by atoms with Gasteiger partial charge in [0.15, 0.2) is 0 Å². The predicted octanol–water partition coefficient (Wildman–Crippen LogP) is 3.58. The fourth-order valence-corrected chi connectivity index (χ4v) is 3.18. The van der Waals surface area contributed by atoms with Crippen LogP contribution in [0.25, 0.3) is 0 Å². The maximum absolute atomic E-state index is 12.9. The topological polar surface area (TPSA) is 75.9 Å². The highest BCUT2D eigenvalue weighted by molar-refractivity contribution is 5.94. The van der Waals surface area contributed by atoms with Crippen molar-refractivity contribution in [2.75, 3.05) is 38.2 Å². The van der Waals surface area contributed by atoms with E-state index in [1.807, 2.05) is 0 Å². The van der Waals surface area contributed by atoms with Gasteiger partial charge in [0.1, 0.15) is 11.4 Å². The number of carbonyl (C=O) groups excluding carboxylic acids is 1. The first-order valence-electron chi connectivity index (χ1n) is 8.74. The molecular formula is C19H18F3N3O4. The van der Waals surface area contributed by atoms with Crippen LogP contribution < -0.4 is 9.64 Å². The van der Waals surface area contributed by atoms with Crippen LogP contribution >= 0.6 is 0 Å². The zero-order valence-corrected chi connectivity index (χ0v) is 15.5. The van der Waals surface area contributed by atoms with Crippen molar-refractivity contribution >= 4 is 17.3 Å². The highest BCUT2D eigenvalue weighted by Gasteiger charge is 2.34. The van der Waals surface area contributed by atoms with Crippen LogP contribution in [-0.2, 0) is 6.18 Å². The lowest BCUT2D eigenvalue weighted by atomic mass is 10.1. The maximum Gasteiger partial charge on any atom is 0.416 e. The summed E-state index contributed by atoms with van der Waals surface area (Å²) in [6.07, 6.45) is -4.66. The van der Waals surface area contributed by atoms with Crippen molar-refractivity contribution in [3.8, 4) is 5.75 Å². The van der Waals surface area contributed by atoms with E-state index in [0.717, 1.165) is 12.1 Å². The summed E-state index contributed by atoms with van der Waals surface area (Å²) < 4.78 is 43.7. The molecule has 0 N–H and O–H groups in total. The Balaban J connectivity index is 1.73. The smallest absolute Gasteiger partial charge is 0.416 e. The molecule has 1 heterocycles. The second-order valence-electron chi connectivity index (χ2n) is 6.47. The third kappa shape index (κ3) is 4.41. The van der Waals surface area contributed by atoms with Gasteiger partial charge < -0.3 is 14.5 Å². The summed E-state index contributed by atoms with van der Waals surface area (Å²) in [6.45, 7) is 1.13. The molecule has 0 saturated carbocycles. The number of nitrogens with zero attached hydrogens (tertiary/aromatic N) is 3. The third-order valence-corrected chi connectivity index (χ3v) is 4.74. The van der Waals surface area contributed by atoms with Gasteiger partial charge in [-0.15, -0.1) is 0 Å². The van der Waals surface area contributed by atoms with Crippen LogP contribution in [0.2, 0.25) is 0 Å².